The maximum atomic E-state index is 9.58. The molecular formula is C12H18O2. The highest BCUT2D eigenvalue weighted by molar-refractivity contribution is 5.51. The van der Waals surface area contributed by atoms with Crippen LogP contribution in [0.2, 0.25) is 0 Å². The molecule has 0 spiro atoms. The Hall–Kier alpha value is -1.18. The minimum atomic E-state index is 0.351. The van der Waals surface area contributed by atoms with Crippen LogP contribution in [0, 0.1) is 20.8 Å². The average molecular weight is 194 g/mol. The lowest BCUT2D eigenvalue weighted by Crippen LogP contribution is -2.00. The smallest absolute Gasteiger partial charge is 0.125 e. The third kappa shape index (κ3) is 2.00. The molecule has 2 heteroatoms. The van der Waals surface area contributed by atoms with Crippen LogP contribution in [0.3, 0.4) is 0 Å². The van der Waals surface area contributed by atoms with E-state index in [4.69, 9.17) is 4.74 Å². The monoisotopic (exact) mass is 194 g/mol. The van der Waals surface area contributed by atoms with Crippen molar-refractivity contribution in [2.45, 2.75) is 34.1 Å². The summed E-state index contributed by atoms with van der Waals surface area (Å²) in [6.45, 7) is 8.65. The summed E-state index contributed by atoms with van der Waals surface area (Å²) in [7, 11) is 0. The summed E-state index contributed by atoms with van der Waals surface area (Å²) in [6, 6.07) is 1.76. The summed E-state index contributed by atoms with van der Waals surface area (Å²) in [5, 5.41) is 9.58. The first-order chi connectivity index (χ1) is 6.57. The van der Waals surface area contributed by atoms with Gasteiger partial charge in [-0.1, -0.05) is 6.92 Å². The number of phenols is 1. The van der Waals surface area contributed by atoms with Gasteiger partial charge in [0.25, 0.3) is 0 Å². The first-order valence-electron chi connectivity index (χ1n) is 5.00. The standard InChI is InChI=1S/C12H18O2/c1-5-6-14-12-8(2)7-11(13)9(3)10(12)4/h7,13H,5-6H2,1-4H3. The quantitative estimate of drug-likeness (QED) is 0.801. The first kappa shape index (κ1) is 10.9. The minimum absolute atomic E-state index is 0.351. The summed E-state index contributed by atoms with van der Waals surface area (Å²) >= 11 is 0. The molecule has 2 nitrogen and oxygen atoms in total. The predicted octanol–water partition coefficient (Wildman–Crippen LogP) is 3.11. The van der Waals surface area contributed by atoms with Crippen molar-refractivity contribution in [1.29, 1.82) is 0 Å². The molecule has 1 aromatic carbocycles. The molecule has 0 heterocycles. The van der Waals surface area contributed by atoms with Crippen molar-refractivity contribution < 1.29 is 9.84 Å². The van der Waals surface area contributed by atoms with Gasteiger partial charge in [0.2, 0.25) is 0 Å². The van der Waals surface area contributed by atoms with Crippen molar-refractivity contribution in [2.75, 3.05) is 6.61 Å². The Balaban J connectivity index is 3.09. The second-order valence-electron chi connectivity index (χ2n) is 3.64. The zero-order valence-electron chi connectivity index (χ0n) is 9.35. The Labute approximate surface area is 85.5 Å². The number of hydrogen-bond donors (Lipinski definition) is 1. The number of aromatic hydroxyl groups is 1. The molecule has 14 heavy (non-hydrogen) atoms. The molecule has 0 atom stereocenters. The minimum Gasteiger partial charge on any atom is -0.508 e. The molecule has 1 rings (SSSR count). The van der Waals surface area contributed by atoms with Crippen LogP contribution in [-0.2, 0) is 0 Å². The van der Waals surface area contributed by atoms with Gasteiger partial charge in [0.15, 0.2) is 0 Å². The molecule has 0 aromatic heterocycles. The summed E-state index contributed by atoms with van der Waals surface area (Å²) in [5.41, 5.74) is 2.94. The van der Waals surface area contributed by atoms with E-state index in [1.807, 2.05) is 20.8 Å². The van der Waals surface area contributed by atoms with Gasteiger partial charge in [0, 0.05) is 0 Å². The molecule has 0 aliphatic carbocycles. The van der Waals surface area contributed by atoms with Crippen LogP contribution in [0.25, 0.3) is 0 Å². The molecule has 0 aliphatic heterocycles. The molecule has 0 saturated carbocycles. The van der Waals surface area contributed by atoms with Crippen LogP contribution in [0.4, 0.5) is 0 Å². The van der Waals surface area contributed by atoms with Gasteiger partial charge in [0.1, 0.15) is 11.5 Å². The molecule has 78 valence electrons. The summed E-state index contributed by atoms with van der Waals surface area (Å²) in [5.74, 6) is 1.27. The Morgan fingerprint density at radius 3 is 2.43 bits per heavy atom. The highest BCUT2D eigenvalue weighted by Crippen LogP contribution is 2.32. The summed E-state index contributed by atoms with van der Waals surface area (Å²) in [6.07, 6.45) is 0.999. The normalized spacial score (nSPS) is 10.3. The van der Waals surface area contributed by atoms with Crippen LogP contribution >= 0.6 is 0 Å². The topological polar surface area (TPSA) is 29.5 Å². The number of hydrogen-bond acceptors (Lipinski definition) is 2. The van der Waals surface area contributed by atoms with E-state index >= 15 is 0 Å². The van der Waals surface area contributed by atoms with E-state index in [-0.39, 0.29) is 0 Å². The zero-order chi connectivity index (χ0) is 10.7. The van der Waals surface area contributed by atoms with Gasteiger partial charge in [-0.15, -0.1) is 0 Å². The Kier molecular flexibility index (Phi) is 3.39. The Morgan fingerprint density at radius 2 is 1.86 bits per heavy atom. The van der Waals surface area contributed by atoms with Crippen LogP contribution in [0.5, 0.6) is 11.5 Å². The van der Waals surface area contributed by atoms with Crippen LogP contribution in [0.15, 0.2) is 6.07 Å². The number of phenolic OH excluding ortho intramolecular Hbond substituents is 1. The van der Waals surface area contributed by atoms with Crippen molar-refractivity contribution in [3.8, 4) is 11.5 Å². The molecular weight excluding hydrogens is 176 g/mol. The second-order valence-corrected chi connectivity index (χ2v) is 3.64. The molecule has 0 fully saturated rings. The summed E-state index contributed by atoms with van der Waals surface area (Å²) in [4.78, 5) is 0. The van der Waals surface area contributed by atoms with E-state index in [1.54, 1.807) is 6.07 Å². The van der Waals surface area contributed by atoms with Crippen LogP contribution in [-0.4, -0.2) is 11.7 Å². The van der Waals surface area contributed by atoms with Crippen molar-refractivity contribution in [1.82, 2.24) is 0 Å². The van der Waals surface area contributed by atoms with E-state index in [9.17, 15) is 5.11 Å². The third-order valence-corrected chi connectivity index (χ3v) is 2.45. The number of ether oxygens (including phenoxy) is 1. The van der Waals surface area contributed by atoms with Gasteiger partial charge >= 0.3 is 0 Å². The molecule has 0 saturated heterocycles. The molecule has 0 amide bonds. The third-order valence-electron chi connectivity index (χ3n) is 2.45. The van der Waals surface area contributed by atoms with E-state index in [0.717, 1.165) is 35.5 Å². The predicted molar refractivity (Wildman–Crippen MR) is 58.1 cm³/mol. The molecule has 0 radical (unpaired) electrons. The second kappa shape index (κ2) is 4.36. The average Bonchev–Trinajstić information content (AvgIpc) is 2.14. The van der Waals surface area contributed by atoms with Gasteiger partial charge in [-0.25, -0.2) is 0 Å². The van der Waals surface area contributed by atoms with Gasteiger partial charge < -0.3 is 9.84 Å². The first-order valence-corrected chi connectivity index (χ1v) is 5.00. The number of rotatable bonds is 3. The largest absolute Gasteiger partial charge is 0.508 e. The number of benzene rings is 1. The summed E-state index contributed by atoms with van der Waals surface area (Å²) < 4.78 is 5.64. The van der Waals surface area contributed by atoms with E-state index in [2.05, 4.69) is 6.92 Å². The maximum absolute atomic E-state index is 9.58. The van der Waals surface area contributed by atoms with Crippen LogP contribution in [0.1, 0.15) is 30.0 Å². The van der Waals surface area contributed by atoms with Crippen molar-refractivity contribution in [2.24, 2.45) is 0 Å². The molecule has 0 bridgehead atoms. The molecule has 1 N–H and O–H groups in total. The number of aryl methyl sites for hydroxylation is 1. The lowest BCUT2D eigenvalue weighted by atomic mass is 10.0. The van der Waals surface area contributed by atoms with E-state index in [1.165, 1.54) is 0 Å². The molecule has 0 unspecified atom stereocenters. The van der Waals surface area contributed by atoms with Gasteiger partial charge in [-0.3, -0.25) is 0 Å². The van der Waals surface area contributed by atoms with E-state index in [0.29, 0.717) is 5.75 Å². The fourth-order valence-corrected chi connectivity index (χ4v) is 1.46. The van der Waals surface area contributed by atoms with Gasteiger partial charge in [0.05, 0.1) is 6.61 Å². The van der Waals surface area contributed by atoms with Crippen molar-refractivity contribution >= 4 is 0 Å². The fourth-order valence-electron chi connectivity index (χ4n) is 1.46. The highest BCUT2D eigenvalue weighted by Gasteiger charge is 2.09. The van der Waals surface area contributed by atoms with E-state index < -0.39 is 0 Å². The van der Waals surface area contributed by atoms with Crippen molar-refractivity contribution in [3.63, 3.8) is 0 Å². The zero-order valence-corrected chi connectivity index (χ0v) is 9.35. The Morgan fingerprint density at radius 1 is 1.21 bits per heavy atom. The molecule has 1 aromatic rings. The SMILES string of the molecule is CCCOc1c(C)cc(O)c(C)c1C. The van der Waals surface area contributed by atoms with Crippen molar-refractivity contribution in [3.05, 3.63) is 22.8 Å². The lowest BCUT2D eigenvalue weighted by Gasteiger charge is -2.14. The van der Waals surface area contributed by atoms with Crippen LogP contribution < -0.4 is 4.74 Å². The molecule has 0 aliphatic rings. The van der Waals surface area contributed by atoms with Gasteiger partial charge in [-0.2, -0.15) is 0 Å². The van der Waals surface area contributed by atoms with Gasteiger partial charge in [-0.05, 0) is 49.9 Å². The maximum Gasteiger partial charge on any atom is 0.125 e. The lowest BCUT2D eigenvalue weighted by molar-refractivity contribution is 0.312. The fraction of sp³-hybridized carbons (Fsp3) is 0.500. The Bertz CT molecular complexity index is 330. The highest BCUT2D eigenvalue weighted by atomic mass is 16.5.